The van der Waals surface area contributed by atoms with Gasteiger partial charge in [0.15, 0.2) is 0 Å². The summed E-state index contributed by atoms with van der Waals surface area (Å²) >= 11 is 0. The Labute approximate surface area is 399 Å². The van der Waals surface area contributed by atoms with Gasteiger partial charge < -0.3 is 9.11 Å². The third-order valence-corrected chi connectivity index (χ3v) is 12.6. The molecule has 0 aromatic carbocycles. The molecule has 0 rings (SSSR count). The Kier molecular flexibility index (Phi) is 54.5. The van der Waals surface area contributed by atoms with E-state index in [9.17, 15) is 25.9 Å². The van der Waals surface area contributed by atoms with Crippen LogP contribution < -0.4 is 0 Å². The summed E-state index contributed by atoms with van der Waals surface area (Å²) in [6, 6.07) is 0. The van der Waals surface area contributed by atoms with Gasteiger partial charge in [-0.2, -0.15) is 0 Å². The van der Waals surface area contributed by atoms with Gasteiger partial charge in [-0.25, -0.2) is 16.8 Å². The summed E-state index contributed by atoms with van der Waals surface area (Å²) in [4.78, 5) is 0. The van der Waals surface area contributed by atoms with Crippen molar-refractivity contribution >= 4 is 58.5 Å². The summed E-state index contributed by atoms with van der Waals surface area (Å²) in [7, 11) is -9.14. The monoisotopic (exact) mass is 907 g/mol. The third kappa shape index (κ3) is 59.0. The van der Waals surface area contributed by atoms with E-state index in [0.717, 1.165) is 51.4 Å². The van der Waals surface area contributed by atoms with Crippen molar-refractivity contribution in [3.63, 3.8) is 0 Å². The summed E-state index contributed by atoms with van der Waals surface area (Å²) in [5.74, 6) is 0.404. The first-order valence-corrected chi connectivity index (χ1v) is 27.9. The summed E-state index contributed by atoms with van der Waals surface area (Å²) in [6.45, 7) is 9.10. The van der Waals surface area contributed by atoms with E-state index in [1.807, 2.05) is 0 Å². The van der Waals surface area contributed by atoms with Crippen LogP contribution in [0.2, 0.25) is 0 Å². The van der Waals surface area contributed by atoms with Gasteiger partial charge in [-0.3, -0.25) is 8.37 Å². The smallest absolute Gasteiger partial charge is 0.726 e. The summed E-state index contributed by atoms with van der Waals surface area (Å²) in [5.41, 5.74) is 0. The Bertz CT molecular complexity index is 933. The molecule has 8 nitrogen and oxygen atoms in total. The second-order valence-corrected chi connectivity index (χ2v) is 19.7. The fourth-order valence-electron chi connectivity index (χ4n) is 7.96. The average Bonchev–Trinajstić information content (AvgIpc) is 3.18. The molecule has 0 aliphatic carbocycles. The van der Waals surface area contributed by atoms with Crippen LogP contribution in [0.15, 0.2) is 0 Å². The van der Waals surface area contributed by atoms with Crippen molar-refractivity contribution in [3.8, 4) is 0 Å². The van der Waals surface area contributed by atoms with E-state index in [1.165, 1.54) is 205 Å². The van der Waals surface area contributed by atoms with E-state index in [0.29, 0.717) is 0 Å². The Hall–Kier alpha value is 1.000. The Morgan fingerprint density at radius 2 is 0.458 bits per heavy atom. The van der Waals surface area contributed by atoms with Crippen molar-refractivity contribution in [1.29, 1.82) is 0 Å². The number of hydrogen-bond donors (Lipinski definition) is 0. The van der Waals surface area contributed by atoms with E-state index in [-0.39, 0.29) is 62.8 Å². The minimum absolute atomic E-state index is 0. The van der Waals surface area contributed by atoms with Crippen molar-refractivity contribution in [2.24, 2.45) is 11.8 Å². The zero-order valence-corrected chi connectivity index (χ0v) is 43.5. The fraction of sp³-hybridized carbons (Fsp3) is 1.00. The molecule has 0 saturated heterocycles. The van der Waals surface area contributed by atoms with Gasteiger partial charge in [0.1, 0.15) is 0 Å². The van der Waals surface area contributed by atoms with Crippen LogP contribution in [0.5, 0.6) is 0 Å². The molecule has 0 N–H and O–H groups in total. The van der Waals surface area contributed by atoms with E-state index >= 15 is 0 Å². The minimum atomic E-state index is -4.57. The van der Waals surface area contributed by atoms with Crippen LogP contribution >= 0.6 is 0 Å². The van der Waals surface area contributed by atoms with Crippen molar-refractivity contribution in [1.82, 2.24) is 0 Å². The summed E-state index contributed by atoms with van der Waals surface area (Å²) in [5, 5.41) is 0. The molecule has 0 aliphatic rings. The Balaban J connectivity index is -0.00000105. The zero-order chi connectivity index (χ0) is 43.3. The van der Waals surface area contributed by atoms with Crippen molar-refractivity contribution in [2.75, 3.05) is 13.2 Å². The van der Waals surface area contributed by atoms with Crippen molar-refractivity contribution in [3.05, 3.63) is 0 Å². The molecule has 0 aliphatic heterocycles. The summed E-state index contributed by atoms with van der Waals surface area (Å²) in [6.07, 6.45) is 50.2. The molecule has 0 saturated carbocycles. The maximum absolute atomic E-state index is 10.8. The third-order valence-electron chi connectivity index (χ3n) is 11.8. The fourth-order valence-corrected chi connectivity index (χ4v) is 8.67. The largest absolute Gasteiger partial charge is 2.00 e. The van der Waals surface area contributed by atoms with Gasteiger partial charge in [-0.15, -0.1) is 0 Å². The molecule has 0 radical (unpaired) electrons. The first kappa shape index (κ1) is 64.3. The maximum atomic E-state index is 10.8. The molecule has 2 atom stereocenters. The van der Waals surface area contributed by atoms with Crippen molar-refractivity contribution < 1.29 is 34.3 Å². The molecule has 2 unspecified atom stereocenters. The Morgan fingerprint density at radius 1 is 0.305 bits per heavy atom. The van der Waals surface area contributed by atoms with Crippen LogP contribution in [0.3, 0.4) is 0 Å². The van der Waals surface area contributed by atoms with Crippen LogP contribution in [-0.4, -0.2) is 76.9 Å². The predicted molar refractivity (Wildman–Crippen MR) is 251 cm³/mol. The second-order valence-electron chi connectivity index (χ2n) is 17.6. The van der Waals surface area contributed by atoms with Gasteiger partial charge in [0.2, 0.25) is 20.8 Å². The van der Waals surface area contributed by atoms with Gasteiger partial charge in [-0.1, -0.05) is 259 Å². The van der Waals surface area contributed by atoms with Crippen LogP contribution in [0.4, 0.5) is 0 Å². The molecule has 0 aromatic heterocycles. The molecule has 352 valence electrons. The first-order chi connectivity index (χ1) is 28.0. The molecule has 59 heavy (non-hydrogen) atoms. The van der Waals surface area contributed by atoms with Crippen molar-refractivity contribution in [2.45, 2.75) is 285 Å². The van der Waals surface area contributed by atoms with Gasteiger partial charge in [0.05, 0.1) is 13.2 Å². The molecule has 11 heteroatoms. The first-order valence-electron chi connectivity index (χ1n) is 25.2. The molecule has 0 spiro atoms. The van der Waals surface area contributed by atoms with E-state index in [2.05, 4.69) is 36.1 Å². The standard InChI is InChI=1S/2C24H50O4S.Ca/c2*1-3-5-7-9-11-12-13-14-16-18-20-22-24(23-28-29(25,26)27)21-19-17-15-10-8-6-4-2;/h2*24H,3-23H2,1-2H3,(H,25,26,27);/q;;+2/p-2. The van der Waals surface area contributed by atoms with Gasteiger partial charge >= 0.3 is 37.7 Å². The maximum Gasteiger partial charge on any atom is 2.00 e. The molecule has 0 heterocycles. The minimum Gasteiger partial charge on any atom is -0.726 e. The average molecular weight is 908 g/mol. The zero-order valence-electron chi connectivity index (χ0n) is 39.6. The molecular formula is C48H98CaO8S2. The van der Waals surface area contributed by atoms with Gasteiger partial charge in [-0.05, 0) is 37.5 Å². The number of hydrogen-bond acceptors (Lipinski definition) is 8. The molecule has 0 fully saturated rings. The van der Waals surface area contributed by atoms with E-state index in [4.69, 9.17) is 0 Å². The number of unbranched alkanes of at least 4 members (excludes halogenated alkanes) is 32. The second kappa shape index (κ2) is 50.0. The van der Waals surface area contributed by atoms with Crippen LogP contribution in [0.25, 0.3) is 0 Å². The van der Waals surface area contributed by atoms with E-state index in [1.54, 1.807) is 0 Å². The molecule has 0 amide bonds. The predicted octanol–water partition coefficient (Wildman–Crippen LogP) is 15.5. The SMILES string of the molecule is CCCCCCCCCCCCCC(CCCCCCCCC)COS(=O)(=O)[O-].CCCCCCCCCCCCCC(CCCCCCCCC)COS(=O)(=O)[O-].[Ca+2]. The number of rotatable bonds is 46. The van der Waals surface area contributed by atoms with Gasteiger partial charge in [0.25, 0.3) is 0 Å². The van der Waals surface area contributed by atoms with Crippen LogP contribution in [0.1, 0.15) is 285 Å². The van der Waals surface area contributed by atoms with E-state index < -0.39 is 20.8 Å². The van der Waals surface area contributed by atoms with Crippen LogP contribution in [0, 0.1) is 11.8 Å². The topological polar surface area (TPSA) is 133 Å². The van der Waals surface area contributed by atoms with Crippen LogP contribution in [-0.2, 0) is 29.2 Å². The van der Waals surface area contributed by atoms with Gasteiger partial charge in [0, 0.05) is 0 Å². The Morgan fingerprint density at radius 3 is 0.610 bits per heavy atom. The normalized spacial score (nSPS) is 12.8. The quantitative estimate of drug-likeness (QED) is 0.0255. The molecule has 0 aromatic rings. The summed E-state index contributed by atoms with van der Waals surface area (Å²) < 4.78 is 73.9. The molecule has 0 bridgehead atoms. The molecular weight excluding hydrogens is 809 g/mol.